The molecule has 1 aliphatic carbocycles. The fourth-order valence-electron chi connectivity index (χ4n) is 2.06. The molecule has 5 heteroatoms. The Kier molecular flexibility index (Phi) is 3.71. The van der Waals surface area contributed by atoms with Crippen molar-refractivity contribution in [3.8, 4) is 0 Å². The number of carbonyl (C=O) groups excluding carboxylic acids is 1. The summed E-state index contributed by atoms with van der Waals surface area (Å²) in [7, 11) is 3.84. The van der Waals surface area contributed by atoms with Crippen molar-refractivity contribution in [3.05, 3.63) is 17.0 Å². The van der Waals surface area contributed by atoms with E-state index in [1.807, 2.05) is 37.7 Å². The van der Waals surface area contributed by atoms with Crippen molar-refractivity contribution in [2.45, 2.75) is 39.3 Å². The van der Waals surface area contributed by atoms with Crippen molar-refractivity contribution >= 4 is 5.91 Å². The number of hydrogen-bond donors (Lipinski definition) is 0. The number of hydrogen-bond acceptors (Lipinski definition) is 4. The predicted molar refractivity (Wildman–Crippen MR) is 68.1 cm³/mol. The summed E-state index contributed by atoms with van der Waals surface area (Å²) in [6, 6.07) is 0.477. The third kappa shape index (κ3) is 2.90. The van der Waals surface area contributed by atoms with E-state index < -0.39 is 0 Å². The summed E-state index contributed by atoms with van der Waals surface area (Å²) in [5.41, 5.74) is 1.99. The summed E-state index contributed by atoms with van der Waals surface area (Å²) >= 11 is 0. The van der Waals surface area contributed by atoms with Gasteiger partial charge in [0.25, 0.3) is 0 Å². The summed E-state index contributed by atoms with van der Waals surface area (Å²) in [5.74, 6) is 1.02. The molecule has 1 heterocycles. The molecule has 0 aromatic carbocycles. The fourth-order valence-corrected chi connectivity index (χ4v) is 2.06. The topological polar surface area (TPSA) is 49.6 Å². The second kappa shape index (κ2) is 5.10. The van der Waals surface area contributed by atoms with Crippen molar-refractivity contribution < 1.29 is 9.32 Å². The molecule has 18 heavy (non-hydrogen) atoms. The number of nitrogens with zero attached hydrogens (tertiary/aromatic N) is 3. The van der Waals surface area contributed by atoms with Crippen molar-refractivity contribution in [2.24, 2.45) is 0 Å². The highest BCUT2D eigenvalue weighted by Gasteiger charge is 2.29. The molecule has 0 N–H and O–H groups in total. The Bertz CT molecular complexity index is 418. The first-order chi connectivity index (χ1) is 8.49. The maximum atomic E-state index is 12.0. The van der Waals surface area contributed by atoms with E-state index >= 15 is 0 Å². The molecule has 0 radical (unpaired) electrons. The summed E-state index contributed by atoms with van der Waals surface area (Å²) in [6.07, 6.45) is 2.30. The van der Waals surface area contributed by atoms with E-state index in [-0.39, 0.29) is 5.91 Å². The van der Waals surface area contributed by atoms with Crippen LogP contribution in [0.4, 0.5) is 0 Å². The van der Waals surface area contributed by atoms with Gasteiger partial charge in [-0.15, -0.1) is 0 Å². The van der Waals surface area contributed by atoms with Gasteiger partial charge in [0, 0.05) is 25.2 Å². The van der Waals surface area contributed by atoms with Crippen molar-refractivity contribution in [1.29, 1.82) is 0 Å². The molecule has 0 spiro atoms. The lowest BCUT2D eigenvalue weighted by molar-refractivity contribution is -0.131. The lowest BCUT2D eigenvalue weighted by atomic mass is 10.2. The second-order valence-electron chi connectivity index (χ2n) is 5.21. The average Bonchev–Trinajstić information content (AvgIpc) is 3.11. The van der Waals surface area contributed by atoms with Crippen LogP contribution < -0.4 is 0 Å². The van der Waals surface area contributed by atoms with E-state index in [0.29, 0.717) is 19.1 Å². The summed E-state index contributed by atoms with van der Waals surface area (Å²) in [5, 5.41) is 3.92. The SMILES string of the molecule is Cc1noc(C)c1CN(C)CC(=O)N(C)C1CC1. The maximum absolute atomic E-state index is 12.0. The van der Waals surface area contributed by atoms with Gasteiger partial charge in [0.1, 0.15) is 5.76 Å². The fraction of sp³-hybridized carbons (Fsp3) is 0.692. The highest BCUT2D eigenvalue weighted by Crippen LogP contribution is 2.25. The van der Waals surface area contributed by atoms with Gasteiger partial charge >= 0.3 is 0 Å². The van der Waals surface area contributed by atoms with Gasteiger partial charge in [-0.05, 0) is 33.7 Å². The molecule has 1 aromatic rings. The number of carbonyl (C=O) groups is 1. The minimum Gasteiger partial charge on any atom is -0.361 e. The third-order valence-electron chi connectivity index (χ3n) is 3.50. The Morgan fingerprint density at radius 1 is 1.39 bits per heavy atom. The molecule has 1 amide bonds. The van der Waals surface area contributed by atoms with E-state index in [2.05, 4.69) is 5.16 Å². The highest BCUT2D eigenvalue weighted by atomic mass is 16.5. The molecule has 0 aliphatic heterocycles. The van der Waals surface area contributed by atoms with Gasteiger partial charge in [-0.25, -0.2) is 0 Å². The van der Waals surface area contributed by atoms with Gasteiger partial charge in [-0.1, -0.05) is 5.16 Å². The average molecular weight is 251 g/mol. The molecule has 1 aromatic heterocycles. The Hall–Kier alpha value is -1.36. The Labute approximate surface area is 108 Å². The maximum Gasteiger partial charge on any atom is 0.236 e. The van der Waals surface area contributed by atoms with Crippen molar-refractivity contribution in [2.75, 3.05) is 20.6 Å². The standard InChI is InChI=1S/C13H21N3O2/c1-9-12(10(2)18-14-9)7-15(3)8-13(17)16(4)11-5-6-11/h11H,5-8H2,1-4H3. The largest absolute Gasteiger partial charge is 0.361 e. The van der Waals surface area contributed by atoms with Crippen molar-refractivity contribution in [3.63, 3.8) is 0 Å². The minimum absolute atomic E-state index is 0.187. The van der Waals surface area contributed by atoms with Gasteiger partial charge in [0.15, 0.2) is 0 Å². The van der Waals surface area contributed by atoms with Crippen molar-refractivity contribution in [1.82, 2.24) is 15.0 Å². The Morgan fingerprint density at radius 3 is 2.56 bits per heavy atom. The van der Waals surface area contributed by atoms with Gasteiger partial charge in [0.05, 0.1) is 12.2 Å². The van der Waals surface area contributed by atoms with E-state index in [0.717, 1.165) is 29.9 Å². The van der Waals surface area contributed by atoms with Crippen LogP contribution in [0.15, 0.2) is 4.52 Å². The lowest BCUT2D eigenvalue weighted by Crippen LogP contribution is -2.37. The van der Waals surface area contributed by atoms with Gasteiger partial charge < -0.3 is 9.42 Å². The lowest BCUT2D eigenvalue weighted by Gasteiger charge is -2.21. The van der Waals surface area contributed by atoms with Crippen LogP contribution >= 0.6 is 0 Å². The molecule has 100 valence electrons. The van der Waals surface area contributed by atoms with Crippen LogP contribution in [-0.4, -0.2) is 47.5 Å². The molecule has 0 bridgehead atoms. The smallest absolute Gasteiger partial charge is 0.236 e. The van der Waals surface area contributed by atoms with E-state index in [1.165, 1.54) is 0 Å². The molecule has 0 unspecified atom stereocenters. The van der Waals surface area contributed by atoms with Gasteiger partial charge in [0.2, 0.25) is 5.91 Å². The Morgan fingerprint density at radius 2 is 2.06 bits per heavy atom. The zero-order valence-corrected chi connectivity index (χ0v) is 11.6. The van der Waals surface area contributed by atoms with Crippen LogP contribution in [0.3, 0.4) is 0 Å². The normalized spacial score (nSPS) is 15.2. The third-order valence-corrected chi connectivity index (χ3v) is 3.50. The number of aromatic nitrogens is 1. The number of rotatable bonds is 5. The zero-order chi connectivity index (χ0) is 13.3. The molecular formula is C13H21N3O2. The monoisotopic (exact) mass is 251 g/mol. The van der Waals surface area contributed by atoms with Crippen LogP contribution in [0.1, 0.15) is 29.9 Å². The molecule has 5 nitrogen and oxygen atoms in total. The molecule has 1 saturated carbocycles. The molecular weight excluding hydrogens is 230 g/mol. The summed E-state index contributed by atoms with van der Waals surface area (Å²) in [6.45, 7) is 4.97. The van der Waals surface area contributed by atoms with Crippen LogP contribution in [0.2, 0.25) is 0 Å². The van der Waals surface area contributed by atoms with E-state index in [9.17, 15) is 4.79 Å². The number of aryl methyl sites for hydroxylation is 2. The number of likely N-dealkylation sites (N-methyl/N-ethyl adjacent to an activating group) is 2. The first-order valence-corrected chi connectivity index (χ1v) is 6.35. The summed E-state index contributed by atoms with van der Waals surface area (Å²) < 4.78 is 5.12. The quantitative estimate of drug-likeness (QED) is 0.792. The van der Waals surface area contributed by atoms with E-state index in [1.54, 1.807) is 0 Å². The molecule has 0 saturated heterocycles. The minimum atomic E-state index is 0.187. The van der Waals surface area contributed by atoms with Crippen LogP contribution in [0, 0.1) is 13.8 Å². The van der Waals surface area contributed by atoms with Gasteiger partial charge in [-0.2, -0.15) is 0 Å². The summed E-state index contributed by atoms with van der Waals surface area (Å²) in [4.78, 5) is 15.9. The number of amides is 1. The first kappa shape index (κ1) is 13.1. The molecule has 0 atom stereocenters. The molecule has 2 rings (SSSR count). The van der Waals surface area contributed by atoms with Crippen LogP contribution in [-0.2, 0) is 11.3 Å². The first-order valence-electron chi connectivity index (χ1n) is 6.35. The second-order valence-corrected chi connectivity index (χ2v) is 5.21. The van der Waals surface area contributed by atoms with E-state index in [4.69, 9.17) is 4.52 Å². The molecule has 1 fully saturated rings. The predicted octanol–water partition coefficient (Wildman–Crippen LogP) is 1.34. The zero-order valence-electron chi connectivity index (χ0n) is 11.6. The molecule has 1 aliphatic rings. The van der Waals surface area contributed by atoms with Crippen LogP contribution in [0.5, 0.6) is 0 Å². The van der Waals surface area contributed by atoms with Crippen LogP contribution in [0.25, 0.3) is 0 Å². The van der Waals surface area contributed by atoms with Gasteiger partial charge in [-0.3, -0.25) is 9.69 Å². The Balaban J connectivity index is 1.88. The highest BCUT2D eigenvalue weighted by molar-refractivity contribution is 5.78.